The molecule has 0 aromatic carbocycles. The van der Waals surface area contributed by atoms with Crippen molar-refractivity contribution in [1.29, 1.82) is 0 Å². The molecule has 3 N–H and O–H groups in total. The largest absolute Gasteiger partial charge is 0.396 e. The van der Waals surface area contributed by atoms with Crippen LogP contribution in [-0.2, 0) is 13.0 Å². The summed E-state index contributed by atoms with van der Waals surface area (Å²) in [4.78, 5) is 5.48. The highest BCUT2D eigenvalue weighted by molar-refractivity contribution is 7.10. The summed E-state index contributed by atoms with van der Waals surface area (Å²) in [6.07, 6.45) is 1.04. The SMILES string of the molecule is CCc1ccsc1CNc1nc(Cl)ccc1N. The third-order valence-electron chi connectivity index (χ3n) is 2.53. The minimum absolute atomic E-state index is 0.448. The molecule has 2 aromatic heterocycles. The maximum Gasteiger partial charge on any atom is 0.151 e. The van der Waals surface area contributed by atoms with Crippen LogP contribution >= 0.6 is 22.9 Å². The van der Waals surface area contributed by atoms with Gasteiger partial charge in [-0.3, -0.25) is 0 Å². The van der Waals surface area contributed by atoms with E-state index in [-0.39, 0.29) is 0 Å². The van der Waals surface area contributed by atoms with E-state index in [4.69, 9.17) is 17.3 Å². The lowest BCUT2D eigenvalue weighted by Crippen LogP contribution is -2.04. The fourth-order valence-corrected chi connectivity index (χ4v) is 2.65. The van der Waals surface area contributed by atoms with Gasteiger partial charge in [0.2, 0.25) is 0 Å². The average Bonchev–Trinajstić information content (AvgIpc) is 2.77. The third-order valence-corrected chi connectivity index (χ3v) is 3.70. The van der Waals surface area contributed by atoms with E-state index >= 15 is 0 Å². The molecule has 0 saturated carbocycles. The number of hydrogen-bond acceptors (Lipinski definition) is 4. The molecule has 2 aromatic rings. The number of nitrogen functional groups attached to an aromatic ring is 1. The quantitative estimate of drug-likeness (QED) is 0.833. The molecule has 2 heterocycles. The molecule has 0 atom stereocenters. The number of hydrogen-bond donors (Lipinski definition) is 2. The molecule has 2 rings (SSSR count). The number of rotatable bonds is 4. The van der Waals surface area contributed by atoms with Crippen LogP contribution in [0.1, 0.15) is 17.4 Å². The fourth-order valence-electron chi connectivity index (χ4n) is 1.59. The summed E-state index contributed by atoms with van der Waals surface area (Å²) in [6, 6.07) is 5.59. The molecule has 3 nitrogen and oxygen atoms in total. The van der Waals surface area contributed by atoms with Crippen molar-refractivity contribution in [2.24, 2.45) is 0 Å². The lowest BCUT2D eigenvalue weighted by Gasteiger charge is -2.08. The zero-order valence-electron chi connectivity index (χ0n) is 9.53. The van der Waals surface area contributed by atoms with E-state index in [1.165, 1.54) is 10.4 Å². The van der Waals surface area contributed by atoms with Gasteiger partial charge in [0.1, 0.15) is 5.15 Å². The standard InChI is InChI=1S/C12H14ClN3S/c1-2-8-5-6-17-10(8)7-15-12-9(14)3-4-11(13)16-12/h3-6H,2,7,14H2,1H3,(H,15,16). The molecule has 0 aliphatic carbocycles. The molecule has 0 unspecified atom stereocenters. The van der Waals surface area contributed by atoms with Gasteiger partial charge in [-0.1, -0.05) is 18.5 Å². The van der Waals surface area contributed by atoms with Gasteiger partial charge < -0.3 is 11.1 Å². The number of pyridine rings is 1. The lowest BCUT2D eigenvalue weighted by molar-refractivity contribution is 1.07. The number of halogens is 1. The van der Waals surface area contributed by atoms with Crippen molar-refractivity contribution in [3.05, 3.63) is 39.2 Å². The maximum absolute atomic E-state index is 5.83. The van der Waals surface area contributed by atoms with Crippen LogP contribution in [0.5, 0.6) is 0 Å². The Morgan fingerprint density at radius 3 is 3.00 bits per heavy atom. The second-order valence-electron chi connectivity index (χ2n) is 3.65. The Kier molecular flexibility index (Phi) is 3.86. The van der Waals surface area contributed by atoms with Crippen LogP contribution in [0.25, 0.3) is 0 Å². The van der Waals surface area contributed by atoms with Crippen molar-refractivity contribution in [3.63, 3.8) is 0 Å². The first kappa shape index (κ1) is 12.2. The van der Waals surface area contributed by atoms with Gasteiger partial charge in [-0.05, 0) is 35.6 Å². The monoisotopic (exact) mass is 267 g/mol. The number of nitrogens with one attached hydrogen (secondary N) is 1. The molecule has 0 aliphatic heterocycles. The highest BCUT2D eigenvalue weighted by Crippen LogP contribution is 2.22. The summed E-state index contributed by atoms with van der Waals surface area (Å²) >= 11 is 7.57. The molecule has 5 heteroatoms. The first-order chi connectivity index (χ1) is 8.20. The highest BCUT2D eigenvalue weighted by Gasteiger charge is 2.05. The van der Waals surface area contributed by atoms with Gasteiger partial charge in [-0.2, -0.15) is 0 Å². The lowest BCUT2D eigenvalue weighted by atomic mass is 10.2. The summed E-state index contributed by atoms with van der Waals surface area (Å²) < 4.78 is 0. The van der Waals surface area contributed by atoms with E-state index in [0.29, 0.717) is 16.7 Å². The zero-order chi connectivity index (χ0) is 12.3. The average molecular weight is 268 g/mol. The molecule has 0 amide bonds. The topological polar surface area (TPSA) is 50.9 Å². The van der Waals surface area contributed by atoms with E-state index in [1.807, 2.05) is 0 Å². The molecule has 0 saturated heterocycles. The van der Waals surface area contributed by atoms with Gasteiger partial charge in [-0.25, -0.2) is 4.98 Å². The molecular formula is C12H14ClN3S. The first-order valence-electron chi connectivity index (χ1n) is 5.42. The van der Waals surface area contributed by atoms with Crippen molar-refractivity contribution in [2.75, 3.05) is 11.1 Å². The summed E-state index contributed by atoms with van der Waals surface area (Å²) in [5, 5.41) is 5.77. The van der Waals surface area contributed by atoms with Crippen molar-refractivity contribution < 1.29 is 0 Å². The van der Waals surface area contributed by atoms with Crippen LogP contribution in [0, 0.1) is 0 Å². The summed E-state index contributed by atoms with van der Waals surface area (Å²) in [7, 11) is 0. The number of nitrogens with zero attached hydrogens (tertiary/aromatic N) is 1. The van der Waals surface area contributed by atoms with Gasteiger partial charge in [0, 0.05) is 4.88 Å². The molecule has 0 spiro atoms. The number of aryl methyl sites for hydroxylation is 1. The van der Waals surface area contributed by atoms with Gasteiger partial charge >= 0.3 is 0 Å². The van der Waals surface area contributed by atoms with Crippen LogP contribution in [0.15, 0.2) is 23.6 Å². The van der Waals surface area contributed by atoms with E-state index < -0.39 is 0 Å². The number of thiophene rings is 1. The Morgan fingerprint density at radius 2 is 2.24 bits per heavy atom. The molecule has 0 bridgehead atoms. The van der Waals surface area contributed by atoms with Crippen molar-refractivity contribution in [3.8, 4) is 0 Å². The maximum atomic E-state index is 5.83. The smallest absolute Gasteiger partial charge is 0.151 e. The fraction of sp³-hybridized carbons (Fsp3) is 0.250. The predicted molar refractivity (Wildman–Crippen MR) is 74.7 cm³/mol. The van der Waals surface area contributed by atoms with E-state index in [2.05, 4.69) is 28.7 Å². The Labute approximate surface area is 110 Å². The van der Waals surface area contributed by atoms with Gasteiger partial charge in [0.05, 0.1) is 12.2 Å². The Bertz CT molecular complexity index is 510. The normalized spacial score (nSPS) is 10.5. The highest BCUT2D eigenvalue weighted by atomic mass is 35.5. The van der Waals surface area contributed by atoms with Crippen molar-refractivity contribution in [2.45, 2.75) is 19.9 Å². The van der Waals surface area contributed by atoms with Crippen LogP contribution < -0.4 is 11.1 Å². The minimum Gasteiger partial charge on any atom is -0.396 e. The number of anilines is 2. The summed E-state index contributed by atoms with van der Waals surface area (Å²) in [5.74, 6) is 0.646. The third kappa shape index (κ3) is 2.90. The number of nitrogens with two attached hydrogens (primary N) is 1. The van der Waals surface area contributed by atoms with Crippen molar-refractivity contribution >= 4 is 34.4 Å². The molecule has 0 radical (unpaired) electrons. The second kappa shape index (κ2) is 5.38. The van der Waals surface area contributed by atoms with Crippen LogP contribution in [0.4, 0.5) is 11.5 Å². The molecular weight excluding hydrogens is 254 g/mol. The predicted octanol–water partition coefficient (Wildman–Crippen LogP) is 3.55. The number of aromatic nitrogens is 1. The van der Waals surface area contributed by atoms with Crippen molar-refractivity contribution in [1.82, 2.24) is 4.98 Å². The van der Waals surface area contributed by atoms with E-state index in [1.54, 1.807) is 23.5 Å². The van der Waals surface area contributed by atoms with E-state index in [0.717, 1.165) is 13.0 Å². The van der Waals surface area contributed by atoms with Crippen LogP contribution in [0.2, 0.25) is 5.15 Å². The Balaban J connectivity index is 2.09. The second-order valence-corrected chi connectivity index (χ2v) is 5.04. The molecule has 0 fully saturated rings. The summed E-state index contributed by atoms with van der Waals surface area (Å²) in [6.45, 7) is 2.88. The molecule has 0 aliphatic rings. The van der Waals surface area contributed by atoms with Crippen LogP contribution in [0.3, 0.4) is 0 Å². The first-order valence-corrected chi connectivity index (χ1v) is 6.67. The van der Waals surface area contributed by atoms with Gasteiger partial charge in [0.25, 0.3) is 0 Å². The Morgan fingerprint density at radius 1 is 1.41 bits per heavy atom. The van der Waals surface area contributed by atoms with Gasteiger partial charge in [0.15, 0.2) is 5.82 Å². The molecule has 90 valence electrons. The zero-order valence-corrected chi connectivity index (χ0v) is 11.1. The van der Waals surface area contributed by atoms with Gasteiger partial charge in [-0.15, -0.1) is 11.3 Å². The minimum atomic E-state index is 0.448. The molecule has 17 heavy (non-hydrogen) atoms. The Hall–Kier alpha value is -1.26. The van der Waals surface area contributed by atoms with Crippen LogP contribution in [-0.4, -0.2) is 4.98 Å². The summed E-state index contributed by atoms with van der Waals surface area (Å²) in [5.41, 5.74) is 7.80. The van der Waals surface area contributed by atoms with E-state index in [9.17, 15) is 0 Å².